The zero-order valence-corrected chi connectivity index (χ0v) is 20.7. The largest absolute Gasteiger partial charge is 0.507 e. The van der Waals surface area contributed by atoms with Gasteiger partial charge in [0.15, 0.2) is 5.13 Å². The van der Waals surface area contributed by atoms with Crippen LogP contribution in [-0.2, 0) is 16.0 Å². The standard InChI is InChI=1S/C27H21N3O6S/c1-3-15-4-13-20-21(14-15)37-27(28-20)29-23(16-5-9-18(10-6-16)30(34)35)22(25(32)26(29)33)24(31)17-7-11-19(36-2)12-8-17/h4-14,23,31H,3H2,1-2H3/t23-/m1/s1. The predicted octanol–water partition coefficient (Wildman–Crippen LogP) is 5.40. The number of Topliss-reactive ketones (excluding diaryl/α,β-unsaturated/α-hetero) is 1. The van der Waals surface area contributed by atoms with Gasteiger partial charge in [0.05, 0.1) is 33.9 Å². The summed E-state index contributed by atoms with van der Waals surface area (Å²) in [6.07, 6.45) is 0.832. The monoisotopic (exact) mass is 515 g/mol. The highest BCUT2D eigenvalue weighted by Crippen LogP contribution is 2.44. The van der Waals surface area contributed by atoms with E-state index in [4.69, 9.17) is 4.74 Å². The van der Waals surface area contributed by atoms with Crippen molar-refractivity contribution in [1.29, 1.82) is 0 Å². The fourth-order valence-electron chi connectivity index (χ4n) is 4.31. The molecule has 0 aliphatic carbocycles. The lowest BCUT2D eigenvalue weighted by molar-refractivity contribution is -0.384. The van der Waals surface area contributed by atoms with Crippen molar-refractivity contribution in [3.8, 4) is 5.75 Å². The van der Waals surface area contributed by atoms with E-state index in [9.17, 15) is 24.8 Å². The van der Waals surface area contributed by atoms with Crippen LogP contribution in [0.15, 0.2) is 72.3 Å². The molecule has 1 aromatic heterocycles. The minimum atomic E-state index is -1.03. The zero-order chi connectivity index (χ0) is 26.3. The van der Waals surface area contributed by atoms with Gasteiger partial charge in [-0.05, 0) is 66.1 Å². The quantitative estimate of drug-likeness (QED) is 0.120. The Labute approximate surface area is 215 Å². The summed E-state index contributed by atoms with van der Waals surface area (Å²) in [4.78, 5) is 43.3. The molecule has 1 N–H and O–H groups in total. The maximum atomic E-state index is 13.4. The van der Waals surface area contributed by atoms with Crippen LogP contribution in [0.5, 0.6) is 5.75 Å². The molecule has 9 nitrogen and oxygen atoms in total. The smallest absolute Gasteiger partial charge is 0.301 e. The number of aliphatic hydroxyl groups is 1. The Morgan fingerprint density at radius 2 is 1.81 bits per heavy atom. The number of ether oxygens (including phenoxy) is 1. The number of aryl methyl sites for hydroxylation is 1. The Bertz CT molecular complexity index is 1570. The number of rotatable bonds is 6. The van der Waals surface area contributed by atoms with E-state index in [2.05, 4.69) is 4.98 Å². The van der Waals surface area contributed by atoms with Crippen LogP contribution < -0.4 is 9.64 Å². The van der Waals surface area contributed by atoms with Gasteiger partial charge in [-0.1, -0.05) is 24.3 Å². The molecule has 1 amide bonds. The van der Waals surface area contributed by atoms with E-state index in [1.165, 1.54) is 47.6 Å². The number of anilines is 1. The average molecular weight is 516 g/mol. The molecule has 1 aliphatic rings. The molecule has 2 heterocycles. The molecule has 0 saturated carbocycles. The van der Waals surface area contributed by atoms with Crippen LogP contribution in [-0.4, -0.2) is 33.8 Å². The van der Waals surface area contributed by atoms with Crippen molar-refractivity contribution in [2.24, 2.45) is 0 Å². The number of aliphatic hydroxyl groups excluding tert-OH is 1. The van der Waals surface area contributed by atoms with Gasteiger partial charge in [0, 0.05) is 17.7 Å². The van der Waals surface area contributed by atoms with Gasteiger partial charge < -0.3 is 9.84 Å². The third kappa shape index (κ3) is 4.21. The number of nitrogens with zero attached hydrogens (tertiary/aromatic N) is 3. The van der Waals surface area contributed by atoms with E-state index < -0.39 is 22.7 Å². The third-order valence-corrected chi connectivity index (χ3v) is 7.30. The van der Waals surface area contributed by atoms with Gasteiger partial charge in [0.1, 0.15) is 11.5 Å². The minimum absolute atomic E-state index is 0.127. The van der Waals surface area contributed by atoms with E-state index in [1.807, 2.05) is 25.1 Å². The summed E-state index contributed by atoms with van der Waals surface area (Å²) in [5, 5.41) is 22.7. The normalized spacial score (nSPS) is 16.9. The van der Waals surface area contributed by atoms with Crippen LogP contribution in [0.4, 0.5) is 10.8 Å². The molecule has 1 saturated heterocycles. The Morgan fingerprint density at radius 3 is 2.43 bits per heavy atom. The molecule has 0 bridgehead atoms. The lowest BCUT2D eigenvalue weighted by atomic mass is 9.95. The van der Waals surface area contributed by atoms with Crippen LogP contribution in [0.3, 0.4) is 0 Å². The second-order valence-electron chi connectivity index (χ2n) is 8.40. The second kappa shape index (κ2) is 9.47. The number of hydrogen-bond donors (Lipinski definition) is 1. The number of nitro benzene ring substituents is 1. The SMILES string of the molecule is CCc1ccc2nc(N3C(=O)C(=O)C(=C(O)c4ccc(OC)cc4)[C@H]3c3ccc([N+](=O)[O-])cc3)sc2c1. The molecule has 5 rings (SSSR count). The maximum absolute atomic E-state index is 13.4. The lowest BCUT2D eigenvalue weighted by Gasteiger charge is -2.22. The summed E-state index contributed by atoms with van der Waals surface area (Å²) in [5.74, 6) is -1.51. The van der Waals surface area contributed by atoms with Gasteiger partial charge in [-0.15, -0.1) is 0 Å². The van der Waals surface area contributed by atoms with E-state index in [0.29, 0.717) is 27.5 Å². The number of aromatic nitrogens is 1. The molecule has 4 aromatic rings. The number of ketones is 1. The predicted molar refractivity (Wildman–Crippen MR) is 140 cm³/mol. The van der Waals surface area contributed by atoms with Gasteiger partial charge in [-0.25, -0.2) is 4.98 Å². The highest BCUT2D eigenvalue weighted by Gasteiger charge is 2.48. The van der Waals surface area contributed by atoms with Crippen molar-refractivity contribution >= 4 is 49.8 Å². The van der Waals surface area contributed by atoms with Crippen molar-refractivity contribution < 1.29 is 24.4 Å². The Kier molecular flexibility index (Phi) is 6.18. The highest BCUT2D eigenvalue weighted by molar-refractivity contribution is 7.22. The zero-order valence-electron chi connectivity index (χ0n) is 19.9. The highest BCUT2D eigenvalue weighted by atomic mass is 32.1. The molecule has 10 heteroatoms. The average Bonchev–Trinajstić information content (AvgIpc) is 3.45. The van der Waals surface area contributed by atoms with Crippen LogP contribution in [0.1, 0.15) is 29.7 Å². The summed E-state index contributed by atoms with van der Waals surface area (Å²) >= 11 is 1.26. The fourth-order valence-corrected chi connectivity index (χ4v) is 5.36. The molecule has 1 aliphatic heterocycles. The van der Waals surface area contributed by atoms with Gasteiger partial charge in [0.2, 0.25) is 0 Å². The molecular formula is C27H21N3O6S. The molecular weight excluding hydrogens is 494 g/mol. The van der Waals surface area contributed by atoms with Gasteiger partial charge in [-0.3, -0.25) is 24.6 Å². The Morgan fingerprint density at radius 1 is 1.11 bits per heavy atom. The summed E-state index contributed by atoms with van der Waals surface area (Å²) in [6.45, 7) is 2.04. The molecule has 0 radical (unpaired) electrons. The molecule has 0 unspecified atom stereocenters. The first-order valence-corrected chi connectivity index (χ1v) is 12.2. The number of nitro groups is 1. The van der Waals surface area contributed by atoms with Crippen molar-refractivity contribution in [2.45, 2.75) is 19.4 Å². The summed E-state index contributed by atoms with van der Waals surface area (Å²) in [6, 6.07) is 16.8. The van der Waals surface area contributed by atoms with Crippen molar-refractivity contribution in [2.75, 3.05) is 12.0 Å². The number of non-ortho nitro benzene ring substituents is 1. The van der Waals surface area contributed by atoms with Gasteiger partial charge >= 0.3 is 5.91 Å². The van der Waals surface area contributed by atoms with E-state index in [-0.39, 0.29) is 17.0 Å². The van der Waals surface area contributed by atoms with Crippen molar-refractivity contribution in [1.82, 2.24) is 4.98 Å². The number of thiazole rings is 1. The second-order valence-corrected chi connectivity index (χ2v) is 9.41. The molecule has 37 heavy (non-hydrogen) atoms. The topological polar surface area (TPSA) is 123 Å². The van der Waals surface area contributed by atoms with Gasteiger partial charge in [0.25, 0.3) is 11.5 Å². The number of fused-ring (bicyclic) bond motifs is 1. The first-order valence-electron chi connectivity index (χ1n) is 11.4. The van der Waals surface area contributed by atoms with Crippen LogP contribution in [0, 0.1) is 10.1 Å². The fraction of sp³-hybridized carbons (Fsp3) is 0.148. The molecule has 0 spiro atoms. The number of hydrogen-bond acceptors (Lipinski definition) is 8. The van der Waals surface area contributed by atoms with Gasteiger partial charge in [-0.2, -0.15) is 0 Å². The number of methoxy groups -OCH3 is 1. The van der Waals surface area contributed by atoms with E-state index >= 15 is 0 Å². The lowest BCUT2D eigenvalue weighted by Crippen LogP contribution is -2.29. The first-order chi connectivity index (χ1) is 17.8. The third-order valence-electron chi connectivity index (χ3n) is 6.28. The molecule has 186 valence electrons. The van der Waals surface area contributed by atoms with E-state index in [1.54, 1.807) is 24.3 Å². The van der Waals surface area contributed by atoms with Crippen LogP contribution in [0.25, 0.3) is 16.0 Å². The Hall–Kier alpha value is -4.57. The summed E-state index contributed by atoms with van der Waals surface area (Å²) in [5.41, 5.74) is 2.27. The number of carbonyl (C=O) groups is 2. The Balaban J connectivity index is 1.70. The molecule has 1 atom stereocenters. The van der Waals surface area contributed by atoms with Crippen LogP contribution in [0.2, 0.25) is 0 Å². The minimum Gasteiger partial charge on any atom is -0.507 e. The van der Waals surface area contributed by atoms with Crippen molar-refractivity contribution in [3.63, 3.8) is 0 Å². The number of benzene rings is 3. The maximum Gasteiger partial charge on any atom is 0.301 e. The van der Waals surface area contributed by atoms with E-state index in [0.717, 1.165) is 16.7 Å². The first kappa shape index (κ1) is 24.1. The van der Waals surface area contributed by atoms with Crippen molar-refractivity contribution in [3.05, 3.63) is 99.1 Å². The number of amides is 1. The summed E-state index contributed by atoms with van der Waals surface area (Å²) < 4.78 is 6.02. The molecule has 3 aromatic carbocycles. The number of carbonyl (C=O) groups excluding carboxylic acids is 2. The molecule has 1 fully saturated rings. The van der Waals surface area contributed by atoms with Crippen LogP contribution >= 0.6 is 11.3 Å². The summed E-state index contributed by atoms with van der Waals surface area (Å²) in [7, 11) is 1.51.